The number of carbonyl (C=O) groups excluding carboxylic acids is 1. The number of pyridine rings is 2. The van der Waals surface area contributed by atoms with E-state index in [2.05, 4.69) is 30.5 Å². The molecule has 9 heteroatoms. The van der Waals surface area contributed by atoms with Crippen molar-refractivity contribution in [3.05, 3.63) is 83.9 Å². The van der Waals surface area contributed by atoms with Crippen LogP contribution >= 0.6 is 11.3 Å². The molecular formula is C24H19N7OS. The molecule has 0 bridgehead atoms. The van der Waals surface area contributed by atoms with Crippen molar-refractivity contribution in [1.29, 1.82) is 0 Å². The van der Waals surface area contributed by atoms with Gasteiger partial charge in [0, 0.05) is 41.3 Å². The molecule has 4 heterocycles. The fourth-order valence-electron chi connectivity index (χ4n) is 4.24. The zero-order valence-electron chi connectivity index (χ0n) is 17.5. The predicted octanol–water partition coefficient (Wildman–Crippen LogP) is 4.01. The minimum absolute atomic E-state index is 0.0682. The average molecular weight is 454 g/mol. The van der Waals surface area contributed by atoms with Crippen molar-refractivity contribution in [1.82, 2.24) is 35.0 Å². The smallest absolute Gasteiger partial charge is 0.253 e. The Balaban J connectivity index is 1.23. The molecule has 0 atom stereocenters. The number of thiazole rings is 1. The van der Waals surface area contributed by atoms with Gasteiger partial charge in [-0.25, -0.2) is 9.97 Å². The summed E-state index contributed by atoms with van der Waals surface area (Å²) in [5, 5.41) is 15.8. The number of hydrogen-bond donors (Lipinski definition) is 1. The van der Waals surface area contributed by atoms with E-state index in [0.717, 1.165) is 40.4 Å². The second-order valence-corrected chi connectivity index (χ2v) is 8.86. The molecule has 162 valence electrons. The normalized spacial score (nSPS) is 17.6. The molecule has 0 unspecified atom stereocenters. The number of aromatic nitrogens is 6. The molecule has 33 heavy (non-hydrogen) atoms. The molecule has 1 aromatic carbocycles. The summed E-state index contributed by atoms with van der Waals surface area (Å²) in [5.41, 5.74) is 1.32. The summed E-state index contributed by atoms with van der Waals surface area (Å²) in [4.78, 5) is 26.3. The van der Waals surface area contributed by atoms with Crippen molar-refractivity contribution >= 4 is 28.1 Å². The third-order valence-electron chi connectivity index (χ3n) is 5.91. The molecule has 1 aliphatic rings. The van der Waals surface area contributed by atoms with Gasteiger partial charge in [-0.15, -0.1) is 21.5 Å². The Morgan fingerprint density at radius 1 is 0.939 bits per heavy atom. The summed E-state index contributed by atoms with van der Waals surface area (Å²) in [6, 6.07) is 15.3. The largest absolute Gasteiger partial charge is 0.349 e. The van der Waals surface area contributed by atoms with Gasteiger partial charge < -0.3 is 5.32 Å². The standard InChI is InChI=1S/C24H19N7OS/c32-23(18-7-3-5-15-6-4-10-26-20(15)18)28-17-13-16(14-17)21-29-30-22(24-27-11-12-33-24)31(21)19-8-1-2-9-25-19/h1-12,16-17H,13-14H2,(H,28,32). The fourth-order valence-corrected chi connectivity index (χ4v) is 4.85. The van der Waals surface area contributed by atoms with E-state index < -0.39 is 0 Å². The van der Waals surface area contributed by atoms with Gasteiger partial charge in [-0.2, -0.15) is 0 Å². The topological polar surface area (TPSA) is 98.5 Å². The van der Waals surface area contributed by atoms with Crippen molar-refractivity contribution < 1.29 is 4.79 Å². The van der Waals surface area contributed by atoms with E-state index in [-0.39, 0.29) is 17.9 Å². The first kappa shape index (κ1) is 19.7. The van der Waals surface area contributed by atoms with E-state index >= 15 is 0 Å². The van der Waals surface area contributed by atoms with Crippen molar-refractivity contribution in [2.45, 2.75) is 24.8 Å². The number of carbonyl (C=O) groups is 1. The number of benzene rings is 1. The molecule has 1 fully saturated rings. The first-order chi connectivity index (χ1) is 16.3. The van der Waals surface area contributed by atoms with Gasteiger partial charge in [-0.05, 0) is 37.1 Å². The summed E-state index contributed by atoms with van der Waals surface area (Å²) in [7, 11) is 0. The maximum absolute atomic E-state index is 13.0. The Hall–Kier alpha value is -3.98. The summed E-state index contributed by atoms with van der Waals surface area (Å²) in [5.74, 6) is 2.36. The molecule has 1 aliphatic carbocycles. The molecule has 4 aromatic heterocycles. The monoisotopic (exact) mass is 453 g/mol. The molecule has 6 rings (SSSR count). The van der Waals surface area contributed by atoms with Crippen LogP contribution in [0.5, 0.6) is 0 Å². The van der Waals surface area contributed by atoms with Crippen LogP contribution in [-0.2, 0) is 0 Å². The zero-order chi connectivity index (χ0) is 22.2. The van der Waals surface area contributed by atoms with Gasteiger partial charge in [0.2, 0.25) is 0 Å². The highest BCUT2D eigenvalue weighted by atomic mass is 32.1. The molecule has 0 radical (unpaired) electrons. The summed E-state index contributed by atoms with van der Waals surface area (Å²) in [6.45, 7) is 0. The maximum atomic E-state index is 13.0. The van der Waals surface area contributed by atoms with Crippen LogP contribution in [0.3, 0.4) is 0 Å². The number of amides is 1. The Labute approximate surface area is 193 Å². The molecule has 5 aromatic rings. The highest BCUT2D eigenvalue weighted by molar-refractivity contribution is 7.13. The van der Waals surface area contributed by atoms with Crippen molar-refractivity contribution in [3.8, 4) is 16.6 Å². The van der Waals surface area contributed by atoms with Gasteiger partial charge in [0.15, 0.2) is 10.8 Å². The number of hydrogen-bond acceptors (Lipinski definition) is 7. The van der Waals surface area contributed by atoms with Crippen LogP contribution in [0.25, 0.3) is 27.6 Å². The third-order valence-corrected chi connectivity index (χ3v) is 6.67. The number of para-hydroxylation sites is 1. The van der Waals surface area contributed by atoms with E-state index in [4.69, 9.17) is 0 Å². The molecule has 8 nitrogen and oxygen atoms in total. The molecule has 1 N–H and O–H groups in total. The molecule has 0 aliphatic heterocycles. The van der Waals surface area contributed by atoms with Gasteiger partial charge in [0.1, 0.15) is 11.6 Å². The van der Waals surface area contributed by atoms with E-state index in [1.54, 1.807) is 18.6 Å². The van der Waals surface area contributed by atoms with Crippen molar-refractivity contribution in [2.75, 3.05) is 0 Å². The van der Waals surface area contributed by atoms with E-state index in [1.165, 1.54) is 11.3 Å². The van der Waals surface area contributed by atoms with Crippen LogP contribution < -0.4 is 5.32 Å². The SMILES string of the molecule is O=C(NC1CC(c2nnc(-c3nccs3)n2-c2ccccn2)C1)c1cccc2cccnc12. The van der Waals surface area contributed by atoms with Gasteiger partial charge in [0.25, 0.3) is 5.91 Å². The second-order valence-electron chi connectivity index (χ2n) is 7.96. The Bertz CT molecular complexity index is 1420. The van der Waals surface area contributed by atoms with Gasteiger partial charge in [0.05, 0.1) is 11.1 Å². The molecule has 0 spiro atoms. The van der Waals surface area contributed by atoms with Gasteiger partial charge >= 0.3 is 0 Å². The molecular weight excluding hydrogens is 434 g/mol. The number of rotatable bonds is 5. The van der Waals surface area contributed by atoms with Crippen molar-refractivity contribution in [2.24, 2.45) is 0 Å². The van der Waals surface area contributed by atoms with Crippen LogP contribution in [0.4, 0.5) is 0 Å². The average Bonchev–Trinajstić information content (AvgIpc) is 3.51. The predicted molar refractivity (Wildman–Crippen MR) is 125 cm³/mol. The Morgan fingerprint density at radius 2 is 1.82 bits per heavy atom. The van der Waals surface area contributed by atoms with Crippen LogP contribution in [0.15, 0.2) is 72.5 Å². The van der Waals surface area contributed by atoms with E-state index in [0.29, 0.717) is 11.4 Å². The first-order valence-electron chi connectivity index (χ1n) is 10.7. The van der Waals surface area contributed by atoms with Crippen LogP contribution in [0.1, 0.15) is 34.9 Å². The van der Waals surface area contributed by atoms with Crippen LogP contribution in [0.2, 0.25) is 0 Å². The van der Waals surface area contributed by atoms with Crippen molar-refractivity contribution in [3.63, 3.8) is 0 Å². The summed E-state index contributed by atoms with van der Waals surface area (Å²) >= 11 is 1.52. The van der Waals surface area contributed by atoms with Crippen LogP contribution in [-0.4, -0.2) is 41.7 Å². The van der Waals surface area contributed by atoms with E-state index in [1.807, 2.05) is 58.5 Å². The van der Waals surface area contributed by atoms with Crippen LogP contribution in [0, 0.1) is 0 Å². The second kappa shape index (κ2) is 8.18. The minimum atomic E-state index is -0.0996. The highest BCUT2D eigenvalue weighted by Crippen LogP contribution is 2.38. The lowest BCUT2D eigenvalue weighted by Crippen LogP contribution is -2.44. The quantitative estimate of drug-likeness (QED) is 0.432. The lowest BCUT2D eigenvalue weighted by molar-refractivity contribution is 0.0908. The number of fused-ring (bicyclic) bond motifs is 1. The van der Waals surface area contributed by atoms with Gasteiger partial charge in [-0.3, -0.25) is 14.3 Å². The minimum Gasteiger partial charge on any atom is -0.349 e. The summed E-state index contributed by atoms with van der Waals surface area (Å²) in [6.07, 6.45) is 6.80. The Morgan fingerprint density at radius 3 is 2.64 bits per heavy atom. The van der Waals surface area contributed by atoms with Gasteiger partial charge in [-0.1, -0.05) is 24.3 Å². The third kappa shape index (κ3) is 3.56. The fraction of sp³-hybridized carbons (Fsp3) is 0.167. The zero-order valence-corrected chi connectivity index (χ0v) is 18.3. The lowest BCUT2D eigenvalue weighted by Gasteiger charge is -2.35. The molecule has 1 saturated carbocycles. The number of nitrogens with zero attached hydrogens (tertiary/aromatic N) is 6. The number of nitrogens with one attached hydrogen (secondary N) is 1. The maximum Gasteiger partial charge on any atom is 0.253 e. The lowest BCUT2D eigenvalue weighted by atomic mass is 9.79. The molecule has 0 saturated heterocycles. The highest BCUT2D eigenvalue weighted by Gasteiger charge is 2.36. The molecule has 1 amide bonds. The van der Waals surface area contributed by atoms with E-state index in [9.17, 15) is 4.79 Å². The Kier molecular flexibility index (Phi) is 4.88. The summed E-state index contributed by atoms with van der Waals surface area (Å²) < 4.78 is 1.98. The first-order valence-corrected chi connectivity index (χ1v) is 11.6.